The number of hydrogen-bond donors (Lipinski definition) is 1. The molecule has 0 unspecified atom stereocenters. The first-order valence-corrected chi connectivity index (χ1v) is 4.31. The zero-order valence-electron chi connectivity index (χ0n) is 7.19. The molecule has 0 radical (unpaired) electrons. The van der Waals surface area contributed by atoms with Gasteiger partial charge in [0, 0.05) is 13.1 Å². The second-order valence-electron chi connectivity index (χ2n) is 3.54. The van der Waals surface area contributed by atoms with Gasteiger partial charge in [-0.15, -0.1) is 0 Å². The van der Waals surface area contributed by atoms with Gasteiger partial charge < -0.3 is 9.80 Å². The normalized spacial score (nSPS) is 24.6. The Morgan fingerprint density at radius 1 is 1.30 bits per heavy atom. The number of quaternary nitrogens is 1. The van der Waals surface area contributed by atoms with E-state index in [9.17, 15) is 0 Å². The van der Waals surface area contributed by atoms with Crippen molar-refractivity contribution < 1.29 is 4.48 Å². The molecule has 10 heavy (non-hydrogen) atoms. The molecule has 1 saturated heterocycles. The van der Waals surface area contributed by atoms with Crippen LogP contribution in [0, 0.1) is 0 Å². The third-order valence-corrected chi connectivity index (χ3v) is 2.42. The number of rotatable bonds is 2. The van der Waals surface area contributed by atoms with E-state index in [0.717, 1.165) is 0 Å². The molecule has 0 bridgehead atoms. The van der Waals surface area contributed by atoms with Gasteiger partial charge in [0.1, 0.15) is 0 Å². The van der Waals surface area contributed by atoms with Gasteiger partial charge in [-0.3, -0.25) is 0 Å². The molecule has 0 amide bonds. The van der Waals surface area contributed by atoms with Crippen LogP contribution in [0.1, 0.15) is 13.3 Å². The fraction of sp³-hybridized carbons (Fsp3) is 1.00. The highest BCUT2D eigenvalue weighted by molar-refractivity contribution is 4.54. The van der Waals surface area contributed by atoms with Crippen molar-refractivity contribution in [2.45, 2.75) is 13.3 Å². The van der Waals surface area contributed by atoms with E-state index >= 15 is 0 Å². The molecule has 0 aromatic heterocycles. The lowest BCUT2D eigenvalue weighted by molar-refractivity contribution is -0.911. The van der Waals surface area contributed by atoms with Crippen LogP contribution in [0.3, 0.4) is 0 Å². The van der Waals surface area contributed by atoms with Gasteiger partial charge in [-0.2, -0.15) is 0 Å². The van der Waals surface area contributed by atoms with E-state index in [1.165, 1.54) is 43.6 Å². The fourth-order valence-electron chi connectivity index (χ4n) is 1.70. The summed E-state index contributed by atoms with van der Waals surface area (Å²) in [6.45, 7) is 8.65. The summed E-state index contributed by atoms with van der Waals surface area (Å²) in [4.78, 5) is 0. The van der Waals surface area contributed by atoms with Gasteiger partial charge in [0.2, 0.25) is 0 Å². The number of piperazine rings is 1. The highest BCUT2D eigenvalue weighted by Crippen LogP contribution is 2.04. The van der Waals surface area contributed by atoms with Crippen LogP contribution in [-0.4, -0.2) is 44.3 Å². The lowest BCUT2D eigenvalue weighted by Gasteiger charge is -2.37. The van der Waals surface area contributed by atoms with Gasteiger partial charge in [-0.05, 0) is 6.42 Å². The molecule has 2 nitrogen and oxygen atoms in total. The SMILES string of the molecule is CCC[N+]1(C)CCNCC1. The second kappa shape index (κ2) is 3.35. The van der Waals surface area contributed by atoms with Crippen LogP contribution in [0.5, 0.6) is 0 Å². The van der Waals surface area contributed by atoms with E-state index in [1.807, 2.05) is 0 Å². The van der Waals surface area contributed by atoms with Crippen LogP contribution in [-0.2, 0) is 0 Å². The van der Waals surface area contributed by atoms with Gasteiger partial charge in [-0.25, -0.2) is 0 Å². The summed E-state index contributed by atoms with van der Waals surface area (Å²) < 4.78 is 1.28. The van der Waals surface area contributed by atoms with E-state index in [2.05, 4.69) is 19.3 Å². The van der Waals surface area contributed by atoms with E-state index in [1.54, 1.807) is 0 Å². The quantitative estimate of drug-likeness (QED) is 0.553. The largest absolute Gasteiger partial charge is 0.324 e. The lowest BCUT2D eigenvalue weighted by Crippen LogP contribution is -2.56. The zero-order valence-corrected chi connectivity index (χ0v) is 7.19. The molecular weight excluding hydrogens is 124 g/mol. The molecule has 0 aromatic carbocycles. The number of likely N-dealkylation sites (N-methyl/N-ethyl adjacent to an activating group) is 1. The minimum Gasteiger partial charge on any atom is -0.324 e. The summed E-state index contributed by atoms with van der Waals surface area (Å²) >= 11 is 0. The molecule has 1 aliphatic rings. The molecule has 1 fully saturated rings. The molecule has 1 heterocycles. The maximum Gasteiger partial charge on any atom is 0.0911 e. The first-order valence-electron chi connectivity index (χ1n) is 4.31. The predicted octanol–water partition coefficient (Wildman–Crippen LogP) is 0.446. The topological polar surface area (TPSA) is 12.0 Å². The van der Waals surface area contributed by atoms with E-state index in [-0.39, 0.29) is 0 Å². The summed E-state index contributed by atoms with van der Waals surface area (Å²) in [5.41, 5.74) is 0. The van der Waals surface area contributed by atoms with Crippen molar-refractivity contribution in [3.63, 3.8) is 0 Å². The smallest absolute Gasteiger partial charge is 0.0911 e. The average Bonchev–Trinajstić information content (AvgIpc) is 1.89. The van der Waals surface area contributed by atoms with E-state index < -0.39 is 0 Å². The molecule has 0 saturated carbocycles. The maximum absolute atomic E-state index is 3.38. The van der Waals surface area contributed by atoms with Crippen LogP contribution in [0.2, 0.25) is 0 Å². The fourth-order valence-corrected chi connectivity index (χ4v) is 1.70. The Kier molecular flexibility index (Phi) is 2.69. The number of nitrogens with one attached hydrogen (secondary N) is 1. The molecule has 0 aromatic rings. The first-order chi connectivity index (χ1) is 4.77. The zero-order chi connectivity index (χ0) is 7.45. The van der Waals surface area contributed by atoms with Crippen LogP contribution in [0.25, 0.3) is 0 Å². The van der Waals surface area contributed by atoms with Crippen LogP contribution >= 0.6 is 0 Å². The van der Waals surface area contributed by atoms with Crippen molar-refractivity contribution >= 4 is 0 Å². The Labute approximate surface area is 63.8 Å². The third kappa shape index (κ3) is 1.96. The minimum atomic E-state index is 1.20. The Bertz CT molecular complexity index is 89.9. The number of hydrogen-bond acceptors (Lipinski definition) is 1. The highest BCUT2D eigenvalue weighted by atomic mass is 15.4. The summed E-state index contributed by atoms with van der Waals surface area (Å²) in [5, 5.41) is 3.38. The van der Waals surface area contributed by atoms with E-state index in [0.29, 0.717) is 0 Å². The summed E-state index contributed by atoms with van der Waals surface area (Å²) in [5.74, 6) is 0. The van der Waals surface area contributed by atoms with Gasteiger partial charge >= 0.3 is 0 Å². The van der Waals surface area contributed by atoms with Gasteiger partial charge in [0.15, 0.2) is 0 Å². The average molecular weight is 143 g/mol. The Hall–Kier alpha value is -0.0800. The molecule has 0 spiro atoms. The molecule has 0 aliphatic carbocycles. The summed E-state index contributed by atoms with van der Waals surface area (Å²) in [7, 11) is 2.37. The minimum absolute atomic E-state index is 1.20. The standard InChI is InChI=1S/C8H19N2/c1-3-6-10(2)7-4-9-5-8-10/h9H,3-8H2,1-2H3/q+1. The molecule has 1 rings (SSSR count). The van der Waals surface area contributed by atoms with Crippen LogP contribution in [0.15, 0.2) is 0 Å². The maximum atomic E-state index is 3.38. The van der Waals surface area contributed by atoms with Crippen molar-refractivity contribution in [3.8, 4) is 0 Å². The van der Waals surface area contributed by atoms with Gasteiger partial charge in [0.05, 0.1) is 26.7 Å². The van der Waals surface area contributed by atoms with Crippen molar-refractivity contribution in [2.24, 2.45) is 0 Å². The lowest BCUT2D eigenvalue weighted by atomic mass is 10.3. The summed E-state index contributed by atoms with van der Waals surface area (Å²) in [6.07, 6.45) is 1.32. The van der Waals surface area contributed by atoms with Crippen molar-refractivity contribution in [1.29, 1.82) is 0 Å². The van der Waals surface area contributed by atoms with Gasteiger partial charge in [0.25, 0.3) is 0 Å². The molecule has 1 aliphatic heterocycles. The van der Waals surface area contributed by atoms with Crippen LogP contribution in [0.4, 0.5) is 0 Å². The molecule has 1 N–H and O–H groups in total. The molecule has 2 heteroatoms. The summed E-state index contributed by atoms with van der Waals surface area (Å²) in [6, 6.07) is 0. The van der Waals surface area contributed by atoms with Gasteiger partial charge in [-0.1, -0.05) is 6.92 Å². The second-order valence-corrected chi connectivity index (χ2v) is 3.54. The van der Waals surface area contributed by atoms with Crippen molar-refractivity contribution in [2.75, 3.05) is 39.8 Å². The Balaban J connectivity index is 2.32. The van der Waals surface area contributed by atoms with Crippen molar-refractivity contribution in [1.82, 2.24) is 5.32 Å². The molecule has 0 atom stereocenters. The monoisotopic (exact) mass is 143 g/mol. The molecule has 60 valence electrons. The predicted molar refractivity (Wildman–Crippen MR) is 43.9 cm³/mol. The highest BCUT2D eigenvalue weighted by Gasteiger charge is 2.22. The number of nitrogens with zero attached hydrogens (tertiary/aromatic N) is 1. The first kappa shape index (κ1) is 8.02. The van der Waals surface area contributed by atoms with Crippen molar-refractivity contribution in [3.05, 3.63) is 0 Å². The Morgan fingerprint density at radius 3 is 2.40 bits per heavy atom. The Morgan fingerprint density at radius 2 is 1.90 bits per heavy atom. The third-order valence-electron chi connectivity index (χ3n) is 2.42. The molecular formula is C8H19N2+. The van der Waals surface area contributed by atoms with Crippen LogP contribution < -0.4 is 5.32 Å². The van der Waals surface area contributed by atoms with E-state index in [4.69, 9.17) is 0 Å².